The predicted octanol–water partition coefficient (Wildman–Crippen LogP) is -0.302. The summed E-state index contributed by atoms with van der Waals surface area (Å²) < 4.78 is 0. The van der Waals surface area contributed by atoms with E-state index in [4.69, 9.17) is 10.2 Å². The molecule has 0 aliphatic heterocycles. The third-order valence-corrected chi connectivity index (χ3v) is 0.357. The van der Waals surface area contributed by atoms with Crippen LogP contribution in [0.3, 0.4) is 0 Å². The molecule has 0 bridgehead atoms. The molecule has 0 radical (unpaired) electrons. The first-order valence-corrected chi connectivity index (χ1v) is 1.55. The zero-order chi connectivity index (χ0) is 5.15. The van der Waals surface area contributed by atoms with Gasteiger partial charge in [0.15, 0.2) is 0 Å². The number of hydrogen-bond donors (Lipinski definition) is 2. The molecule has 0 heterocycles. The monoisotopic (exact) mass is 92.0 g/mol. The third kappa shape index (κ3) is 1.72. The van der Waals surface area contributed by atoms with Crippen LogP contribution < -0.4 is 0 Å². The average molecular weight is 92.1 g/mol. The van der Waals surface area contributed by atoms with Crippen LogP contribution in [0.4, 0.5) is 0 Å². The minimum Gasteiger partial charge on any atom is -0.479 e. The van der Waals surface area contributed by atoms with Crippen molar-refractivity contribution in [2.24, 2.45) is 0 Å². The van der Waals surface area contributed by atoms with Gasteiger partial charge in [-0.25, -0.2) is 4.79 Å². The number of carboxylic acid groups (broad SMARTS) is 1. The maximum Gasteiger partial charge on any atom is 0.332 e. The van der Waals surface area contributed by atoms with Crippen molar-refractivity contribution in [3.05, 3.63) is 0 Å². The van der Waals surface area contributed by atoms with E-state index >= 15 is 0 Å². The largest absolute Gasteiger partial charge is 0.479 e. The van der Waals surface area contributed by atoms with Gasteiger partial charge in [0, 0.05) is 1.43 Å². The SMILES string of the molecule is CC(O)C(=O)O.[HH]. The average Bonchev–Trinajstić information content (AvgIpc) is 1.36. The summed E-state index contributed by atoms with van der Waals surface area (Å²) in [4.78, 5) is 9.45. The minimum absolute atomic E-state index is 0. The lowest BCUT2D eigenvalue weighted by molar-refractivity contribution is -0.145. The van der Waals surface area contributed by atoms with E-state index in [-0.39, 0.29) is 1.43 Å². The maximum atomic E-state index is 9.45. The minimum atomic E-state index is -1.23. The Morgan fingerprint density at radius 3 is 2.17 bits per heavy atom. The molecule has 0 aromatic heterocycles. The summed E-state index contributed by atoms with van der Waals surface area (Å²) in [6.07, 6.45) is -1.23. The van der Waals surface area contributed by atoms with Gasteiger partial charge < -0.3 is 10.2 Å². The molecule has 0 fully saturated rings. The lowest BCUT2D eigenvalue weighted by atomic mass is 10.4. The molecule has 2 N–H and O–H groups in total. The fraction of sp³-hybridized carbons (Fsp3) is 0.667. The number of aliphatic carboxylic acids is 1. The maximum absolute atomic E-state index is 9.45. The molecule has 3 nitrogen and oxygen atoms in total. The zero-order valence-corrected chi connectivity index (χ0v) is 3.38. The molecule has 6 heavy (non-hydrogen) atoms. The van der Waals surface area contributed by atoms with Gasteiger partial charge in [0.25, 0.3) is 0 Å². The lowest BCUT2D eigenvalue weighted by Crippen LogP contribution is -2.13. The van der Waals surface area contributed by atoms with Crippen LogP contribution in [0.2, 0.25) is 0 Å². The quantitative estimate of drug-likeness (QED) is 0.466. The highest BCUT2D eigenvalue weighted by Gasteiger charge is 2.01. The standard InChI is InChI=1S/C3H6O3.H2/c1-2(4)3(5)6;/h2,4H,1H3,(H,5,6);1H. The second kappa shape index (κ2) is 1.77. The highest BCUT2D eigenvalue weighted by molar-refractivity contribution is 5.71. The number of carboxylic acids is 1. The summed E-state index contributed by atoms with van der Waals surface area (Å²) >= 11 is 0. The first kappa shape index (κ1) is 5.43. The molecule has 38 valence electrons. The van der Waals surface area contributed by atoms with E-state index in [0.29, 0.717) is 0 Å². The van der Waals surface area contributed by atoms with Crippen LogP contribution in [0.1, 0.15) is 8.35 Å². The van der Waals surface area contributed by atoms with Crippen molar-refractivity contribution >= 4 is 5.97 Å². The van der Waals surface area contributed by atoms with E-state index in [9.17, 15) is 4.79 Å². The Balaban J connectivity index is 0. The van der Waals surface area contributed by atoms with Crippen molar-refractivity contribution in [3.8, 4) is 0 Å². The summed E-state index contributed by atoms with van der Waals surface area (Å²) in [5.74, 6) is -1.19. The molecule has 0 aliphatic rings. The first-order chi connectivity index (χ1) is 2.64. The molecule has 0 amide bonds. The Labute approximate surface area is 36.7 Å². The molecule has 0 aromatic rings. The van der Waals surface area contributed by atoms with E-state index in [1.807, 2.05) is 0 Å². The van der Waals surface area contributed by atoms with E-state index in [0.717, 1.165) is 0 Å². The lowest BCUT2D eigenvalue weighted by Gasteiger charge is -1.89. The number of hydrogen-bond acceptors (Lipinski definition) is 2. The second-order valence-corrected chi connectivity index (χ2v) is 1.01. The Bertz CT molecular complexity index is 61.2. The summed E-state index contributed by atoms with van der Waals surface area (Å²) in [7, 11) is 0. The van der Waals surface area contributed by atoms with Crippen molar-refractivity contribution in [1.82, 2.24) is 0 Å². The summed E-state index contributed by atoms with van der Waals surface area (Å²) in [6.45, 7) is 1.20. The fourth-order valence-electron chi connectivity index (χ4n) is 0. The highest BCUT2D eigenvalue weighted by Crippen LogP contribution is 1.73. The van der Waals surface area contributed by atoms with Gasteiger partial charge in [0.05, 0.1) is 0 Å². The molecular formula is C3H8O3. The first-order valence-electron chi connectivity index (χ1n) is 1.55. The van der Waals surface area contributed by atoms with E-state index < -0.39 is 12.1 Å². The Morgan fingerprint density at radius 2 is 2.17 bits per heavy atom. The molecule has 0 saturated carbocycles. The van der Waals surface area contributed by atoms with E-state index in [1.165, 1.54) is 6.92 Å². The molecule has 1 atom stereocenters. The van der Waals surface area contributed by atoms with Crippen LogP contribution in [-0.2, 0) is 4.79 Å². The van der Waals surface area contributed by atoms with Gasteiger partial charge >= 0.3 is 5.97 Å². The van der Waals surface area contributed by atoms with Crippen LogP contribution >= 0.6 is 0 Å². The zero-order valence-electron chi connectivity index (χ0n) is 3.38. The van der Waals surface area contributed by atoms with Crippen molar-refractivity contribution in [2.75, 3.05) is 0 Å². The van der Waals surface area contributed by atoms with Crippen LogP contribution in [0, 0.1) is 0 Å². The van der Waals surface area contributed by atoms with Crippen LogP contribution in [0.5, 0.6) is 0 Å². The van der Waals surface area contributed by atoms with Gasteiger partial charge in [0.1, 0.15) is 6.10 Å². The van der Waals surface area contributed by atoms with Crippen LogP contribution in [-0.4, -0.2) is 22.3 Å². The van der Waals surface area contributed by atoms with Gasteiger partial charge in [-0.2, -0.15) is 0 Å². The number of aliphatic hydroxyl groups is 1. The summed E-state index contributed by atoms with van der Waals surface area (Å²) in [5.41, 5.74) is 0. The molecular weight excluding hydrogens is 84.0 g/mol. The normalized spacial score (nSPS) is 13.7. The summed E-state index contributed by atoms with van der Waals surface area (Å²) in [5, 5.41) is 15.8. The molecule has 3 heteroatoms. The molecule has 0 aliphatic carbocycles. The number of rotatable bonds is 1. The second-order valence-electron chi connectivity index (χ2n) is 1.01. The van der Waals surface area contributed by atoms with Crippen LogP contribution in [0.25, 0.3) is 0 Å². The van der Waals surface area contributed by atoms with Crippen molar-refractivity contribution < 1.29 is 16.4 Å². The topological polar surface area (TPSA) is 57.5 Å². The van der Waals surface area contributed by atoms with Gasteiger partial charge in [-0.3, -0.25) is 0 Å². The highest BCUT2D eigenvalue weighted by atomic mass is 16.4. The Morgan fingerprint density at radius 1 is 2.00 bits per heavy atom. The van der Waals surface area contributed by atoms with Crippen molar-refractivity contribution in [1.29, 1.82) is 0 Å². The Kier molecular flexibility index (Phi) is 1.60. The fourth-order valence-corrected chi connectivity index (χ4v) is 0. The molecule has 0 aromatic carbocycles. The molecule has 0 saturated heterocycles. The number of carbonyl (C=O) groups is 1. The van der Waals surface area contributed by atoms with Crippen molar-refractivity contribution in [3.63, 3.8) is 0 Å². The van der Waals surface area contributed by atoms with Gasteiger partial charge in [-0.1, -0.05) is 0 Å². The van der Waals surface area contributed by atoms with Crippen molar-refractivity contribution in [2.45, 2.75) is 13.0 Å². The molecule has 0 spiro atoms. The van der Waals surface area contributed by atoms with Gasteiger partial charge in [-0.05, 0) is 6.92 Å². The van der Waals surface area contributed by atoms with E-state index in [2.05, 4.69) is 0 Å². The summed E-state index contributed by atoms with van der Waals surface area (Å²) in [6, 6.07) is 0. The van der Waals surface area contributed by atoms with Gasteiger partial charge in [-0.15, -0.1) is 0 Å². The third-order valence-electron chi connectivity index (χ3n) is 0.357. The molecule has 1 unspecified atom stereocenters. The van der Waals surface area contributed by atoms with Crippen LogP contribution in [0.15, 0.2) is 0 Å². The van der Waals surface area contributed by atoms with Gasteiger partial charge in [0.2, 0.25) is 0 Å². The van der Waals surface area contributed by atoms with E-state index in [1.54, 1.807) is 0 Å². The molecule has 0 rings (SSSR count). The predicted molar refractivity (Wildman–Crippen MR) is 21.4 cm³/mol. The Hall–Kier alpha value is -0.570. The number of aliphatic hydroxyl groups excluding tert-OH is 1. The smallest absolute Gasteiger partial charge is 0.332 e.